The van der Waals surface area contributed by atoms with Crippen molar-refractivity contribution in [3.05, 3.63) is 34.5 Å². The van der Waals surface area contributed by atoms with Gasteiger partial charge in [0, 0.05) is 32.4 Å². The van der Waals surface area contributed by atoms with Gasteiger partial charge in [-0.2, -0.15) is 10.4 Å². The summed E-state index contributed by atoms with van der Waals surface area (Å²) in [5.74, 6) is 2.40. The number of aromatic nitrogens is 4. The minimum absolute atomic E-state index is 0.479. The summed E-state index contributed by atoms with van der Waals surface area (Å²) in [4.78, 5) is 13.1. The Morgan fingerprint density at radius 2 is 2.14 bits per heavy atom. The van der Waals surface area contributed by atoms with Gasteiger partial charge in [0.05, 0.1) is 17.1 Å². The lowest BCUT2D eigenvalue weighted by Gasteiger charge is -2.35. The van der Waals surface area contributed by atoms with Crippen molar-refractivity contribution >= 4 is 17.4 Å². The molecule has 0 amide bonds. The highest BCUT2D eigenvalue weighted by Gasteiger charge is 2.21. The van der Waals surface area contributed by atoms with E-state index in [1.54, 1.807) is 12.3 Å². The van der Waals surface area contributed by atoms with E-state index >= 15 is 0 Å². The van der Waals surface area contributed by atoms with Gasteiger partial charge in [0.2, 0.25) is 0 Å². The van der Waals surface area contributed by atoms with Crippen LogP contribution in [0.5, 0.6) is 0 Å². The largest absolute Gasteiger partial charge is 0.353 e. The van der Waals surface area contributed by atoms with E-state index in [0.29, 0.717) is 10.6 Å². The number of H-pyrrole nitrogens is 1. The highest BCUT2D eigenvalue weighted by Crippen LogP contribution is 2.25. The molecule has 7 nitrogen and oxygen atoms in total. The minimum Gasteiger partial charge on any atom is -0.353 e. The Labute approximate surface area is 133 Å². The van der Waals surface area contributed by atoms with Crippen LogP contribution in [0.25, 0.3) is 0 Å². The fourth-order valence-corrected chi connectivity index (χ4v) is 2.79. The van der Waals surface area contributed by atoms with E-state index < -0.39 is 0 Å². The number of piperazine rings is 1. The first-order chi connectivity index (χ1) is 10.7. The Kier molecular flexibility index (Phi) is 4.22. The zero-order valence-corrected chi connectivity index (χ0v) is 13.0. The Hall–Kier alpha value is -2.17. The lowest BCUT2D eigenvalue weighted by Crippen LogP contribution is -2.46. The van der Waals surface area contributed by atoms with Crippen molar-refractivity contribution in [3.8, 4) is 6.07 Å². The maximum atomic E-state index is 8.86. The maximum absolute atomic E-state index is 8.86. The SMILES string of the molecule is Cc1nc(CN2CCN(c3ncc(C#N)cc3Cl)CC2)n[nH]1. The molecule has 0 spiro atoms. The van der Waals surface area contributed by atoms with Gasteiger partial charge >= 0.3 is 0 Å². The number of aryl methyl sites for hydroxylation is 1. The van der Waals surface area contributed by atoms with Gasteiger partial charge in [-0.3, -0.25) is 10.00 Å². The molecule has 0 bridgehead atoms. The Balaban J connectivity index is 1.61. The van der Waals surface area contributed by atoms with E-state index in [9.17, 15) is 0 Å². The summed E-state index contributed by atoms with van der Waals surface area (Å²) in [6.07, 6.45) is 1.56. The number of rotatable bonds is 3. The normalized spacial score (nSPS) is 15.8. The van der Waals surface area contributed by atoms with Crippen LogP contribution in [0.15, 0.2) is 12.3 Å². The second kappa shape index (κ2) is 6.30. The molecule has 1 aliphatic rings. The minimum atomic E-state index is 0.479. The number of aromatic amines is 1. The van der Waals surface area contributed by atoms with Crippen molar-refractivity contribution in [2.45, 2.75) is 13.5 Å². The predicted octanol–water partition coefficient (Wildman–Crippen LogP) is 1.36. The summed E-state index contributed by atoms with van der Waals surface area (Å²) in [7, 11) is 0. The standard InChI is InChI=1S/C14H16ClN7/c1-10-18-13(20-19-10)9-21-2-4-22(5-3-21)14-12(15)6-11(7-16)8-17-14/h6,8H,2-5,9H2,1H3,(H,18,19,20). The molecule has 3 heterocycles. The third-order valence-corrected chi connectivity index (χ3v) is 3.91. The number of halogens is 1. The molecular weight excluding hydrogens is 302 g/mol. The fourth-order valence-electron chi connectivity index (χ4n) is 2.50. The summed E-state index contributed by atoms with van der Waals surface area (Å²) < 4.78 is 0. The summed E-state index contributed by atoms with van der Waals surface area (Å²) in [6, 6.07) is 3.70. The highest BCUT2D eigenvalue weighted by molar-refractivity contribution is 6.33. The number of nitrogens with one attached hydrogen (secondary N) is 1. The first-order valence-corrected chi connectivity index (χ1v) is 7.44. The van der Waals surface area contributed by atoms with E-state index in [2.05, 4.69) is 30.0 Å². The average Bonchev–Trinajstić information content (AvgIpc) is 2.93. The molecule has 0 saturated carbocycles. The van der Waals surface area contributed by atoms with Gasteiger partial charge in [-0.05, 0) is 13.0 Å². The Morgan fingerprint density at radius 1 is 1.36 bits per heavy atom. The number of nitriles is 1. The topological polar surface area (TPSA) is 84.7 Å². The second-order valence-corrected chi connectivity index (χ2v) is 5.65. The molecule has 1 fully saturated rings. The first-order valence-electron chi connectivity index (χ1n) is 7.06. The van der Waals surface area contributed by atoms with Crippen LogP contribution in [0.4, 0.5) is 5.82 Å². The first kappa shape index (κ1) is 14.8. The number of hydrogen-bond acceptors (Lipinski definition) is 6. The quantitative estimate of drug-likeness (QED) is 0.920. The van der Waals surface area contributed by atoms with Gasteiger partial charge < -0.3 is 4.90 Å². The fraction of sp³-hybridized carbons (Fsp3) is 0.429. The lowest BCUT2D eigenvalue weighted by molar-refractivity contribution is 0.244. The summed E-state index contributed by atoms with van der Waals surface area (Å²) in [5, 5.41) is 16.4. The van der Waals surface area contributed by atoms with Crippen LogP contribution in [0.3, 0.4) is 0 Å². The molecule has 8 heteroatoms. The molecular formula is C14H16ClN7. The Morgan fingerprint density at radius 3 is 2.73 bits per heavy atom. The van der Waals surface area contributed by atoms with Gasteiger partial charge in [-0.15, -0.1) is 0 Å². The average molecular weight is 318 g/mol. The molecule has 0 radical (unpaired) electrons. The molecule has 1 N–H and O–H groups in total. The monoisotopic (exact) mass is 317 g/mol. The zero-order chi connectivity index (χ0) is 15.5. The van der Waals surface area contributed by atoms with E-state index in [1.807, 2.05) is 13.0 Å². The molecule has 1 aliphatic heterocycles. The Bertz CT molecular complexity index is 697. The molecule has 22 heavy (non-hydrogen) atoms. The molecule has 0 aromatic carbocycles. The molecule has 0 aliphatic carbocycles. The van der Waals surface area contributed by atoms with E-state index in [0.717, 1.165) is 50.2 Å². The maximum Gasteiger partial charge on any atom is 0.164 e. The predicted molar refractivity (Wildman–Crippen MR) is 82.6 cm³/mol. The second-order valence-electron chi connectivity index (χ2n) is 5.24. The smallest absolute Gasteiger partial charge is 0.164 e. The molecule has 0 atom stereocenters. The van der Waals surface area contributed by atoms with Crippen molar-refractivity contribution in [2.24, 2.45) is 0 Å². The molecule has 2 aromatic heterocycles. The molecule has 114 valence electrons. The van der Waals surface area contributed by atoms with Gasteiger partial charge in [-0.1, -0.05) is 11.6 Å². The van der Waals surface area contributed by atoms with Crippen LogP contribution in [-0.2, 0) is 6.54 Å². The number of anilines is 1. The molecule has 3 rings (SSSR count). The molecule has 2 aromatic rings. The third-order valence-electron chi connectivity index (χ3n) is 3.63. The van der Waals surface area contributed by atoms with E-state index in [4.69, 9.17) is 16.9 Å². The molecule has 0 unspecified atom stereocenters. The van der Waals surface area contributed by atoms with Crippen LogP contribution >= 0.6 is 11.6 Å². The zero-order valence-electron chi connectivity index (χ0n) is 12.3. The van der Waals surface area contributed by atoms with Crippen LogP contribution in [0, 0.1) is 18.3 Å². The van der Waals surface area contributed by atoms with Crippen molar-refractivity contribution < 1.29 is 0 Å². The van der Waals surface area contributed by atoms with Crippen LogP contribution in [-0.4, -0.2) is 51.2 Å². The third kappa shape index (κ3) is 3.18. The van der Waals surface area contributed by atoms with Gasteiger partial charge in [-0.25, -0.2) is 9.97 Å². The number of hydrogen-bond donors (Lipinski definition) is 1. The van der Waals surface area contributed by atoms with E-state index in [1.165, 1.54) is 0 Å². The van der Waals surface area contributed by atoms with Crippen molar-refractivity contribution in [2.75, 3.05) is 31.1 Å². The van der Waals surface area contributed by atoms with Crippen molar-refractivity contribution in [3.63, 3.8) is 0 Å². The van der Waals surface area contributed by atoms with Crippen LogP contribution in [0.2, 0.25) is 5.02 Å². The summed E-state index contributed by atoms with van der Waals surface area (Å²) >= 11 is 6.22. The summed E-state index contributed by atoms with van der Waals surface area (Å²) in [6.45, 7) is 6.10. The van der Waals surface area contributed by atoms with Crippen molar-refractivity contribution in [1.29, 1.82) is 5.26 Å². The highest BCUT2D eigenvalue weighted by atomic mass is 35.5. The van der Waals surface area contributed by atoms with E-state index in [-0.39, 0.29) is 0 Å². The van der Waals surface area contributed by atoms with Crippen LogP contribution in [0.1, 0.15) is 17.2 Å². The van der Waals surface area contributed by atoms with Crippen molar-refractivity contribution in [1.82, 2.24) is 25.1 Å². The summed E-state index contributed by atoms with van der Waals surface area (Å²) in [5.41, 5.74) is 0.479. The lowest BCUT2D eigenvalue weighted by atomic mass is 10.2. The van der Waals surface area contributed by atoms with Gasteiger partial charge in [0.15, 0.2) is 5.82 Å². The van der Waals surface area contributed by atoms with Crippen LogP contribution < -0.4 is 4.90 Å². The molecule has 1 saturated heterocycles. The van der Waals surface area contributed by atoms with Gasteiger partial charge in [0.25, 0.3) is 0 Å². The van der Waals surface area contributed by atoms with Gasteiger partial charge in [0.1, 0.15) is 17.7 Å². The number of nitrogens with zero attached hydrogens (tertiary/aromatic N) is 6. The number of pyridine rings is 1.